The monoisotopic (exact) mass is 268 g/mol. The Morgan fingerprint density at radius 2 is 1.95 bits per heavy atom. The Labute approximate surface area is 114 Å². The topological polar surface area (TPSA) is 79.2 Å². The minimum atomic E-state index is -0.897. The van der Waals surface area contributed by atoms with E-state index in [2.05, 4.69) is 4.98 Å². The van der Waals surface area contributed by atoms with E-state index >= 15 is 0 Å². The van der Waals surface area contributed by atoms with Crippen LogP contribution in [0.5, 0.6) is 0 Å². The second kappa shape index (κ2) is 4.79. The predicted molar refractivity (Wildman–Crippen MR) is 75.5 cm³/mol. The quantitative estimate of drug-likeness (QED) is 0.565. The summed E-state index contributed by atoms with van der Waals surface area (Å²) < 4.78 is 0. The zero-order chi connectivity index (χ0) is 14.1. The summed E-state index contributed by atoms with van der Waals surface area (Å²) in [5, 5.41) is 22.1. The summed E-state index contributed by atoms with van der Waals surface area (Å²) in [6, 6.07) is 13.7. The van der Waals surface area contributed by atoms with Crippen LogP contribution in [-0.4, -0.2) is 15.0 Å². The first-order valence-corrected chi connectivity index (χ1v) is 6.15. The van der Waals surface area contributed by atoms with Crippen LogP contribution in [0.3, 0.4) is 0 Å². The second-order valence-corrected chi connectivity index (χ2v) is 4.54. The Morgan fingerprint density at radius 1 is 1.15 bits per heavy atom. The lowest BCUT2D eigenvalue weighted by Gasteiger charge is -2.10. The Kier molecular flexibility index (Phi) is 2.96. The molecule has 0 fully saturated rings. The molecule has 3 aromatic rings. The molecule has 2 aromatic carbocycles. The molecule has 1 aromatic heterocycles. The lowest BCUT2D eigenvalue weighted by atomic mass is 10.0. The van der Waals surface area contributed by atoms with Gasteiger partial charge in [0.15, 0.2) is 0 Å². The molecule has 0 spiro atoms. The van der Waals surface area contributed by atoms with Crippen LogP contribution in [0.15, 0.2) is 54.7 Å². The van der Waals surface area contributed by atoms with E-state index in [1.807, 2.05) is 24.3 Å². The number of aromatic nitrogens is 1. The normalized spacial score (nSPS) is 12.4. The number of nitro benzene ring substituents is 1. The highest BCUT2D eigenvalue weighted by Crippen LogP contribution is 2.30. The molecule has 1 heterocycles. The molecule has 0 saturated heterocycles. The van der Waals surface area contributed by atoms with Gasteiger partial charge in [0.1, 0.15) is 6.10 Å². The molecule has 3 rings (SSSR count). The summed E-state index contributed by atoms with van der Waals surface area (Å²) in [5.74, 6) is 0. The van der Waals surface area contributed by atoms with Gasteiger partial charge < -0.3 is 10.1 Å². The maximum Gasteiger partial charge on any atom is 0.269 e. The molecule has 2 N–H and O–H groups in total. The molecule has 0 aliphatic heterocycles. The molecule has 0 aliphatic rings. The number of nitro groups is 1. The van der Waals surface area contributed by atoms with Crippen LogP contribution in [0.25, 0.3) is 10.9 Å². The van der Waals surface area contributed by atoms with E-state index in [9.17, 15) is 15.2 Å². The van der Waals surface area contributed by atoms with Gasteiger partial charge in [0.05, 0.1) is 4.92 Å². The van der Waals surface area contributed by atoms with Crippen molar-refractivity contribution in [3.8, 4) is 0 Å². The van der Waals surface area contributed by atoms with Crippen molar-refractivity contribution >= 4 is 16.6 Å². The third-order valence-electron chi connectivity index (χ3n) is 3.31. The van der Waals surface area contributed by atoms with E-state index < -0.39 is 11.0 Å². The van der Waals surface area contributed by atoms with E-state index in [0.717, 1.165) is 10.9 Å². The summed E-state index contributed by atoms with van der Waals surface area (Å²) in [4.78, 5) is 13.4. The number of aromatic amines is 1. The number of aliphatic hydroxyl groups excluding tert-OH is 1. The fourth-order valence-corrected chi connectivity index (χ4v) is 2.31. The average molecular weight is 268 g/mol. The minimum Gasteiger partial charge on any atom is -0.384 e. The maximum atomic E-state index is 10.8. The highest BCUT2D eigenvalue weighted by atomic mass is 16.6. The Balaban J connectivity index is 2.06. The van der Waals surface area contributed by atoms with Crippen molar-refractivity contribution in [1.82, 2.24) is 4.98 Å². The van der Waals surface area contributed by atoms with E-state index in [4.69, 9.17) is 0 Å². The second-order valence-electron chi connectivity index (χ2n) is 4.54. The first-order valence-electron chi connectivity index (χ1n) is 6.15. The van der Waals surface area contributed by atoms with Crippen molar-refractivity contribution in [1.29, 1.82) is 0 Å². The highest BCUT2D eigenvalue weighted by Gasteiger charge is 2.17. The molecule has 5 nitrogen and oxygen atoms in total. The number of rotatable bonds is 3. The lowest BCUT2D eigenvalue weighted by molar-refractivity contribution is -0.385. The van der Waals surface area contributed by atoms with Crippen LogP contribution < -0.4 is 0 Å². The number of hydrogen-bond acceptors (Lipinski definition) is 3. The van der Waals surface area contributed by atoms with Crippen LogP contribution in [0, 0.1) is 10.1 Å². The van der Waals surface area contributed by atoms with Gasteiger partial charge in [0, 0.05) is 34.8 Å². The van der Waals surface area contributed by atoms with Crippen LogP contribution in [0.4, 0.5) is 5.69 Å². The van der Waals surface area contributed by atoms with Crippen LogP contribution in [-0.2, 0) is 0 Å². The maximum absolute atomic E-state index is 10.8. The van der Waals surface area contributed by atoms with Gasteiger partial charge >= 0.3 is 0 Å². The molecule has 5 heteroatoms. The number of H-pyrrole nitrogens is 1. The fraction of sp³-hybridized carbons (Fsp3) is 0.0667. The van der Waals surface area contributed by atoms with Gasteiger partial charge in [-0.15, -0.1) is 0 Å². The van der Waals surface area contributed by atoms with Gasteiger partial charge in [-0.2, -0.15) is 0 Å². The first kappa shape index (κ1) is 12.4. The molecule has 100 valence electrons. The van der Waals surface area contributed by atoms with Gasteiger partial charge in [0.2, 0.25) is 0 Å². The number of fused-ring (bicyclic) bond motifs is 1. The van der Waals surface area contributed by atoms with Crippen molar-refractivity contribution in [3.63, 3.8) is 0 Å². The molecule has 0 amide bonds. The van der Waals surface area contributed by atoms with Gasteiger partial charge in [-0.25, -0.2) is 0 Å². The lowest BCUT2D eigenvalue weighted by Crippen LogP contribution is -1.99. The minimum absolute atomic E-state index is 0.0265. The van der Waals surface area contributed by atoms with E-state index in [-0.39, 0.29) is 5.69 Å². The third-order valence-corrected chi connectivity index (χ3v) is 3.31. The van der Waals surface area contributed by atoms with E-state index in [1.54, 1.807) is 18.3 Å². The van der Waals surface area contributed by atoms with Crippen LogP contribution >= 0.6 is 0 Å². The first-order chi connectivity index (χ1) is 9.66. The number of benzene rings is 2. The molecule has 1 unspecified atom stereocenters. The average Bonchev–Trinajstić information content (AvgIpc) is 2.90. The number of para-hydroxylation sites is 1. The van der Waals surface area contributed by atoms with E-state index in [1.165, 1.54) is 12.1 Å². The van der Waals surface area contributed by atoms with E-state index in [0.29, 0.717) is 11.1 Å². The number of nitrogens with one attached hydrogen (secondary N) is 1. The predicted octanol–water partition coefficient (Wildman–Crippen LogP) is 3.16. The number of aliphatic hydroxyl groups is 1. The van der Waals surface area contributed by atoms with Gasteiger partial charge in [-0.3, -0.25) is 10.1 Å². The Hall–Kier alpha value is -2.66. The van der Waals surface area contributed by atoms with Gasteiger partial charge in [0.25, 0.3) is 5.69 Å². The molecule has 0 bridgehead atoms. The van der Waals surface area contributed by atoms with Crippen molar-refractivity contribution in [3.05, 3.63) is 76.0 Å². The summed E-state index contributed by atoms with van der Waals surface area (Å²) in [5.41, 5.74) is 2.11. The van der Waals surface area contributed by atoms with Gasteiger partial charge in [-0.05, 0) is 11.6 Å². The number of hydrogen-bond donors (Lipinski definition) is 2. The van der Waals surface area contributed by atoms with Crippen molar-refractivity contribution in [2.24, 2.45) is 0 Å². The molecular weight excluding hydrogens is 256 g/mol. The molecule has 0 radical (unpaired) electrons. The summed E-state index contributed by atoms with van der Waals surface area (Å²) in [6.07, 6.45) is 0.833. The summed E-state index contributed by atoms with van der Waals surface area (Å²) in [6.45, 7) is 0. The SMILES string of the molecule is O=[N+]([O-])c1cccc(C(O)c2c[nH]c3ccccc23)c1. The van der Waals surface area contributed by atoms with Crippen LogP contribution in [0.2, 0.25) is 0 Å². The third kappa shape index (κ3) is 2.04. The zero-order valence-corrected chi connectivity index (χ0v) is 10.5. The highest BCUT2D eigenvalue weighted by molar-refractivity contribution is 5.83. The fourth-order valence-electron chi connectivity index (χ4n) is 2.31. The van der Waals surface area contributed by atoms with Crippen molar-refractivity contribution in [2.75, 3.05) is 0 Å². The van der Waals surface area contributed by atoms with Crippen molar-refractivity contribution in [2.45, 2.75) is 6.10 Å². The molecular formula is C15H12N2O3. The zero-order valence-electron chi connectivity index (χ0n) is 10.5. The smallest absolute Gasteiger partial charge is 0.269 e. The summed E-state index contributed by atoms with van der Waals surface area (Å²) >= 11 is 0. The standard InChI is InChI=1S/C15H12N2O3/c18-15(10-4-3-5-11(8-10)17(19)20)13-9-16-14-7-2-1-6-12(13)14/h1-9,15-16,18H. The largest absolute Gasteiger partial charge is 0.384 e. The molecule has 20 heavy (non-hydrogen) atoms. The van der Waals surface area contributed by atoms with Gasteiger partial charge in [-0.1, -0.05) is 30.3 Å². The van der Waals surface area contributed by atoms with Crippen molar-refractivity contribution < 1.29 is 10.0 Å². The number of non-ortho nitro benzene ring substituents is 1. The van der Waals surface area contributed by atoms with Crippen LogP contribution in [0.1, 0.15) is 17.2 Å². The summed E-state index contributed by atoms with van der Waals surface area (Å²) in [7, 11) is 0. The molecule has 0 saturated carbocycles. The Morgan fingerprint density at radius 3 is 2.75 bits per heavy atom. The Bertz CT molecular complexity index is 779. The molecule has 0 aliphatic carbocycles. The number of nitrogens with zero attached hydrogens (tertiary/aromatic N) is 1. The molecule has 1 atom stereocenters.